The van der Waals surface area contributed by atoms with Crippen LogP contribution in [0.1, 0.15) is 32.9 Å². The summed E-state index contributed by atoms with van der Waals surface area (Å²) in [7, 11) is 0. The SMILES string of the molecule is CCC(C)C(C)Nc1nc(NN)nc(C)c1[N+](=O)[O-]. The van der Waals surface area contributed by atoms with Gasteiger partial charge < -0.3 is 5.32 Å². The molecule has 0 aliphatic carbocycles. The van der Waals surface area contributed by atoms with Crippen molar-refractivity contribution in [1.29, 1.82) is 0 Å². The lowest BCUT2D eigenvalue weighted by atomic mass is 10.0. The van der Waals surface area contributed by atoms with Crippen LogP contribution in [0.4, 0.5) is 17.5 Å². The van der Waals surface area contributed by atoms with Crippen LogP contribution in [-0.2, 0) is 0 Å². The average Bonchev–Trinajstić information content (AvgIpc) is 2.36. The Morgan fingerprint density at radius 1 is 1.42 bits per heavy atom. The minimum Gasteiger partial charge on any atom is -0.361 e. The zero-order valence-electron chi connectivity index (χ0n) is 11.6. The number of nitrogens with two attached hydrogens (primary N) is 1. The Balaban J connectivity index is 3.16. The van der Waals surface area contributed by atoms with Gasteiger partial charge in [-0.05, 0) is 19.8 Å². The molecule has 8 nitrogen and oxygen atoms in total. The third-order valence-electron chi connectivity index (χ3n) is 3.23. The molecule has 1 aromatic rings. The molecule has 19 heavy (non-hydrogen) atoms. The van der Waals surface area contributed by atoms with Gasteiger partial charge in [-0.15, -0.1) is 0 Å². The summed E-state index contributed by atoms with van der Waals surface area (Å²) in [5.74, 6) is 5.97. The fourth-order valence-electron chi connectivity index (χ4n) is 1.66. The molecule has 0 fully saturated rings. The minimum absolute atomic E-state index is 0.0589. The van der Waals surface area contributed by atoms with Crippen LogP contribution in [0.15, 0.2) is 0 Å². The van der Waals surface area contributed by atoms with Crippen molar-refractivity contribution in [3.05, 3.63) is 15.8 Å². The van der Waals surface area contributed by atoms with Crippen LogP contribution < -0.4 is 16.6 Å². The monoisotopic (exact) mass is 268 g/mol. The molecule has 106 valence electrons. The Hall–Kier alpha value is -1.96. The highest BCUT2D eigenvalue weighted by molar-refractivity contribution is 5.61. The first-order chi connectivity index (χ1) is 8.90. The van der Waals surface area contributed by atoms with Gasteiger partial charge in [0.25, 0.3) is 0 Å². The van der Waals surface area contributed by atoms with Gasteiger partial charge in [0.1, 0.15) is 5.69 Å². The van der Waals surface area contributed by atoms with E-state index in [0.717, 1.165) is 6.42 Å². The standard InChI is InChI=1S/C11H20N6O2/c1-5-6(2)7(3)13-10-9(17(18)19)8(4)14-11(15-10)16-12/h6-7H,5,12H2,1-4H3,(H2,13,14,15,16). The molecule has 0 saturated heterocycles. The second-order valence-electron chi connectivity index (χ2n) is 4.55. The summed E-state index contributed by atoms with van der Waals surface area (Å²) in [6, 6.07) is 0.0589. The third kappa shape index (κ3) is 3.50. The number of aromatic nitrogens is 2. The highest BCUT2D eigenvalue weighted by atomic mass is 16.6. The molecular weight excluding hydrogens is 248 g/mol. The van der Waals surface area contributed by atoms with E-state index in [0.29, 0.717) is 5.92 Å². The van der Waals surface area contributed by atoms with E-state index in [9.17, 15) is 10.1 Å². The minimum atomic E-state index is -0.485. The first kappa shape index (κ1) is 15.1. The van der Waals surface area contributed by atoms with Gasteiger partial charge in [-0.1, -0.05) is 20.3 Å². The third-order valence-corrected chi connectivity index (χ3v) is 3.23. The van der Waals surface area contributed by atoms with Crippen molar-refractivity contribution >= 4 is 17.5 Å². The fraction of sp³-hybridized carbons (Fsp3) is 0.636. The van der Waals surface area contributed by atoms with E-state index in [1.165, 1.54) is 0 Å². The number of nitrogens with one attached hydrogen (secondary N) is 2. The number of nitrogen functional groups attached to an aromatic ring is 1. The predicted molar refractivity (Wildman–Crippen MR) is 73.8 cm³/mol. The van der Waals surface area contributed by atoms with Gasteiger partial charge in [-0.3, -0.25) is 15.5 Å². The van der Waals surface area contributed by atoms with Gasteiger partial charge in [-0.25, -0.2) is 10.8 Å². The summed E-state index contributed by atoms with van der Waals surface area (Å²) in [5, 5.41) is 14.2. The van der Waals surface area contributed by atoms with E-state index >= 15 is 0 Å². The predicted octanol–water partition coefficient (Wildman–Crippen LogP) is 1.83. The quantitative estimate of drug-likeness (QED) is 0.409. The Bertz CT molecular complexity index is 465. The van der Waals surface area contributed by atoms with Crippen LogP contribution in [0.5, 0.6) is 0 Å². The molecule has 0 aliphatic rings. The molecule has 0 amide bonds. The Morgan fingerprint density at radius 2 is 2.05 bits per heavy atom. The van der Waals surface area contributed by atoms with Crippen LogP contribution in [0.25, 0.3) is 0 Å². The van der Waals surface area contributed by atoms with E-state index in [4.69, 9.17) is 5.84 Å². The van der Waals surface area contributed by atoms with Crippen molar-refractivity contribution in [2.75, 3.05) is 10.7 Å². The summed E-state index contributed by atoms with van der Waals surface area (Å²) >= 11 is 0. The number of hydrogen-bond donors (Lipinski definition) is 3. The van der Waals surface area contributed by atoms with Crippen LogP contribution in [-0.4, -0.2) is 20.9 Å². The fourth-order valence-corrected chi connectivity index (χ4v) is 1.66. The number of nitro groups is 1. The number of rotatable bonds is 6. The zero-order valence-corrected chi connectivity index (χ0v) is 11.6. The molecule has 8 heteroatoms. The van der Waals surface area contributed by atoms with Crippen molar-refractivity contribution < 1.29 is 4.92 Å². The molecule has 1 aromatic heterocycles. The molecule has 0 aliphatic heterocycles. The van der Waals surface area contributed by atoms with Gasteiger partial charge in [0, 0.05) is 6.04 Å². The first-order valence-electron chi connectivity index (χ1n) is 6.16. The van der Waals surface area contributed by atoms with Gasteiger partial charge >= 0.3 is 5.69 Å². The van der Waals surface area contributed by atoms with Gasteiger partial charge in [0.2, 0.25) is 11.8 Å². The largest absolute Gasteiger partial charge is 0.361 e. The van der Waals surface area contributed by atoms with E-state index in [1.54, 1.807) is 6.92 Å². The molecule has 0 spiro atoms. The molecule has 2 unspecified atom stereocenters. The van der Waals surface area contributed by atoms with E-state index in [1.807, 2.05) is 6.92 Å². The van der Waals surface area contributed by atoms with Crippen LogP contribution in [0.2, 0.25) is 0 Å². The van der Waals surface area contributed by atoms with E-state index in [2.05, 4.69) is 34.6 Å². The topological polar surface area (TPSA) is 119 Å². The van der Waals surface area contributed by atoms with Crippen LogP contribution >= 0.6 is 0 Å². The zero-order chi connectivity index (χ0) is 14.6. The van der Waals surface area contributed by atoms with Crippen molar-refractivity contribution in [3.63, 3.8) is 0 Å². The average molecular weight is 268 g/mol. The molecular formula is C11H20N6O2. The second kappa shape index (κ2) is 6.28. The molecule has 0 aromatic carbocycles. The Kier molecular flexibility index (Phi) is 4.99. The van der Waals surface area contributed by atoms with Crippen molar-refractivity contribution in [1.82, 2.24) is 9.97 Å². The smallest absolute Gasteiger partial charge is 0.332 e. The molecule has 0 saturated carbocycles. The normalized spacial score (nSPS) is 13.7. The summed E-state index contributed by atoms with van der Waals surface area (Å²) < 4.78 is 0. The van der Waals surface area contributed by atoms with E-state index < -0.39 is 4.92 Å². The van der Waals surface area contributed by atoms with Crippen LogP contribution in [0, 0.1) is 23.0 Å². The molecule has 1 heterocycles. The van der Waals surface area contributed by atoms with Gasteiger partial charge in [0.05, 0.1) is 4.92 Å². The molecule has 0 bridgehead atoms. The number of anilines is 2. The second-order valence-corrected chi connectivity index (χ2v) is 4.55. The summed E-state index contributed by atoms with van der Waals surface area (Å²) in [4.78, 5) is 18.6. The number of nitrogens with zero attached hydrogens (tertiary/aromatic N) is 3. The van der Waals surface area contributed by atoms with Crippen molar-refractivity contribution in [2.24, 2.45) is 11.8 Å². The van der Waals surface area contributed by atoms with Gasteiger partial charge in [-0.2, -0.15) is 4.98 Å². The molecule has 2 atom stereocenters. The van der Waals surface area contributed by atoms with Gasteiger partial charge in [0.15, 0.2) is 0 Å². The lowest BCUT2D eigenvalue weighted by Gasteiger charge is -2.20. The molecule has 1 rings (SSSR count). The number of hydrogen-bond acceptors (Lipinski definition) is 7. The molecule has 0 radical (unpaired) electrons. The lowest BCUT2D eigenvalue weighted by Crippen LogP contribution is -2.25. The summed E-state index contributed by atoms with van der Waals surface area (Å²) in [6.45, 7) is 7.65. The number of aryl methyl sites for hydroxylation is 1. The highest BCUT2D eigenvalue weighted by Gasteiger charge is 2.24. The van der Waals surface area contributed by atoms with E-state index in [-0.39, 0.29) is 29.2 Å². The van der Waals surface area contributed by atoms with Crippen LogP contribution in [0.3, 0.4) is 0 Å². The highest BCUT2D eigenvalue weighted by Crippen LogP contribution is 2.27. The van der Waals surface area contributed by atoms with Crippen molar-refractivity contribution in [2.45, 2.75) is 40.2 Å². The summed E-state index contributed by atoms with van der Waals surface area (Å²) in [6.07, 6.45) is 0.966. The Morgan fingerprint density at radius 3 is 2.53 bits per heavy atom. The first-order valence-corrected chi connectivity index (χ1v) is 6.16. The Labute approximate surface area is 111 Å². The maximum atomic E-state index is 11.1. The molecule has 4 N–H and O–H groups in total. The maximum absolute atomic E-state index is 11.1. The number of hydrazine groups is 1. The maximum Gasteiger partial charge on any atom is 0.332 e. The lowest BCUT2D eigenvalue weighted by molar-refractivity contribution is -0.385. The summed E-state index contributed by atoms with van der Waals surface area (Å²) in [5.41, 5.74) is 2.46. The van der Waals surface area contributed by atoms with Crippen molar-refractivity contribution in [3.8, 4) is 0 Å².